The summed E-state index contributed by atoms with van der Waals surface area (Å²) in [4.78, 5) is 60.6. The second kappa shape index (κ2) is 14.0. The van der Waals surface area contributed by atoms with Gasteiger partial charge in [0.15, 0.2) is 0 Å². The predicted molar refractivity (Wildman–Crippen MR) is 132 cm³/mol. The number of carbonyl (C=O) groups excluding carboxylic acids is 4. The minimum Gasteiger partial charge on any atom is -0.480 e. The monoisotopic (exact) mass is 523 g/mol. The Bertz CT molecular complexity index is 937. The maximum Gasteiger partial charge on any atom is 0.408 e. The summed E-state index contributed by atoms with van der Waals surface area (Å²) < 4.78 is 15.5. The summed E-state index contributed by atoms with van der Waals surface area (Å²) in [6.45, 7) is 9.47. The van der Waals surface area contributed by atoms with Crippen LogP contribution in [0, 0.1) is 0 Å². The number of esters is 2. The molecule has 0 radical (unpaired) electrons. The Morgan fingerprint density at radius 2 is 1.46 bits per heavy atom. The lowest BCUT2D eigenvalue weighted by molar-refractivity contribution is -0.157. The van der Waals surface area contributed by atoms with Gasteiger partial charge in [-0.3, -0.25) is 4.79 Å². The van der Waals surface area contributed by atoms with Crippen LogP contribution in [0.4, 0.5) is 9.59 Å². The molecule has 206 valence electrons. The van der Waals surface area contributed by atoms with Crippen molar-refractivity contribution in [1.82, 2.24) is 16.0 Å². The number of hydrogen-bond acceptors (Lipinski definition) is 8. The normalized spacial score (nSPS) is 12.9. The highest BCUT2D eigenvalue weighted by Gasteiger charge is 2.30. The number of benzene rings is 1. The third kappa shape index (κ3) is 14.4. The van der Waals surface area contributed by atoms with Gasteiger partial charge in [-0.05, 0) is 53.5 Å². The fraction of sp³-hybridized carbons (Fsp3) is 0.560. The Morgan fingerprint density at radius 3 is 2.00 bits per heavy atom. The van der Waals surface area contributed by atoms with Crippen molar-refractivity contribution in [1.29, 1.82) is 0 Å². The third-order valence-electron chi connectivity index (χ3n) is 4.33. The lowest BCUT2D eigenvalue weighted by Gasteiger charge is -2.26. The number of amides is 3. The summed E-state index contributed by atoms with van der Waals surface area (Å²) in [6, 6.07) is 5.33. The van der Waals surface area contributed by atoms with Gasteiger partial charge in [-0.1, -0.05) is 30.3 Å². The highest BCUT2D eigenvalue weighted by atomic mass is 16.6. The summed E-state index contributed by atoms with van der Waals surface area (Å²) in [6.07, 6.45) is -1.37. The summed E-state index contributed by atoms with van der Waals surface area (Å²) in [7, 11) is 0. The summed E-state index contributed by atoms with van der Waals surface area (Å²) in [5, 5.41) is 16.3. The zero-order valence-electron chi connectivity index (χ0n) is 22.1. The van der Waals surface area contributed by atoms with Crippen LogP contribution in [-0.4, -0.2) is 65.0 Å². The van der Waals surface area contributed by atoms with Gasteiger partial charge in [0, 0.05) is 6.42 Å². The van der Waals surface area contributed by atoms with E-state index in [0.29, 0.717) is 0 Å². The number of carboxylic acid groups (broad SMARTS) is 1. The smallest absolute Gasteiger partial charge is 0.408 e. The van der Waals surface area contributed by atoms with E-state index >= 15 is 0 Å². The Labute approximate surface area is 216 Å². The van der Waals surface area contributed by atoms with Gasteiger partial charge in [-0.25, -0.2) is 19.2 Å². The highest BCUT2D eigenvalue weighted by molar-refractivity contribution is 5.85. The van der Waals surface area contributed by atoms with E-state index in [2.05, 4.69) is 16.0 Å². The number of rotatable bonds is 11. The molecule has 3 amide bonds. The molecule has 0 fully saturated rings. The number of aliphatic carboxylic acids is 1. The molecule has 0 aliphatic rings. The Kier molecular flexibility index (Phi) is 11.8. The molecular weight excluding hydrogens is 486 g/mol. The molecule has 0 aromatic heterocycles. The Hall–Kier alpha value is -3.83. The molecule has 0 saturated heterocycles. The SMILES string of the molecule is CC(C)(C)OC(=O)N[C@@H](CNC(=O)N[C@@H](CCC(=O)OCc1ccccc1)C(=O)O)C(=O)OC(C)(C)C. The summed E-state index contributed by atoms with van der Waals surface area (Å²) in [5.74, 6) is -2.81. The molecule has 0 heterocycles. The quantitative estimate of drug-likeness (QED) is 0.251. The Morgan fingerprint density at radius 1 is 0.865 bits per heavy atom. The van der Waals surface area contributed by atoms with Gasteiger partial charge >= 0.3 is 30.0 Å². The first-order valence-electron chi connectivity index (χ1n) is 11.7. The number of urea groups is 1. The maximum absolute atomic E-state index is 12.5. The zero-order chi connectivity index (χ0) is 28.2. The second-order valence-electron chi connectivity index (χ2n) is 10.2. The molecular formula is C25H37N3O9. The van der Waals surface area contributed by atoms with Crippen molar-refractivity contribution in [2.75, 3.05) is 6.54 Å². The fourth-order valence-corrected chi connectivity index (χ4v) is 2.75. The van der Waals surface area contributed by atoms with Gasteiger partial charge in [0.25, 0.3) is 0 Å². The van der Waals surface area contributed by atoms with Crippen LogP contribution in [0.25, 0.3) is 0 Å². The largest absolute Gasteiger partial charge is 0.480 e. The van der Waals surface area contributed by atoms with E-state index in [0.717, 1.165) is 5.56 Å². The highest BCUT2D eigenvalue weighted by Crippen LogP contribution is 2.10. The van der Waals surface area contributed by atoms with Crippen LogP contribution >= 0.6 is 0 Å². The second-order valence-corrected chi connectivity index (χ2v) is 10.2. The topological polar surface area (TPSA) is 169 Å². The Balaban J connectivity index is 2.66. The van der Waals surface area contributed by atoms with Gasteiger partial charge < -0.3 is 35.3 Å². The van der Waals surface area contributed by atoms with Crippen LogP contribution < -0.4 is 16.0 Å². The minimum absolute atomic E-state index is 0.0437. The zero-order valence-corrected chi connectivity index (χ0v) is 22.1. The third-order valence-corrected chi connectivity index (χ3v) is 4.33. The lowest BCUT2D eigenvalue weighted by Crippen LogP contribution is -2.54. The summed E-state index contributed by atoms with van der Waals surface area (Å²) in [5.41, 5.74) is -0.913. The number of carboxylic acids is 1. The minimum atomic E-state index is -1.40. The van der Waals surface area contributed by atoms with Crippen LogP contribution in [-0.2, 0) is 35.2 Å². The van der Waals surface area contributed by atoms with Crippen LogP contribution in [0.5, 0.6) is 0 Å². The van der Waals surface area contributed by atoms with Crippen molar-refractivity contribution in [3.8, 4) is 0 Å². The standard InChI is InChI=1S/C25H37N3O9/c1-24(2,3)36-21(32)18(28-23(34)37-25(4,5)6)14-26-22(33)27-17(20(30)31)12-13-19(29)35-15-16-10-8-7-9-11-16/h7-11,17-18H,12-15H2,1-6H3,(H,28,34)(H,30,31)(H2,26,27,33)/t17-,18-/m0/s1. The van der Waals surface area contributed by atoms with E-state index in [9.17, 15) is 29.1 Å². The van der Waals surface area contributed by atoms with Crippen molar-refractivity contribution in [3.63, 3.8) is 0 Å². The average molecular weight is 524 g/mol. The van der Waals surface area contributed by atoms with E-state index in [1.54, 1.807) is 65.8 Å². The number of carbonyl (C=O) groups is 5. The molecule has 2 atom stereocenters. The predicted octanol–water partition coefficient (Wildman–Crippen LogP) is 2.50. The van der Waals surface area contributed by atoms with E-state index in [4.69, 9.17) is 14.2 Å². The molecule has 12 nitrogen and oxygen atoms in total. The van der Waals surface area contributed by atoms with Gasteiger partial charge in [0.2, 0.25) is 0 Å². The number of alkyl carbamates (subject to hydrolysis) is 1. The molecule has 1 rings (SSSR count). The molecule has 0 bridgehead atoms. The number of ether oxygens (including phenoxy) is 3. The van der Waals surface area contributed by atoms with E-state index in [-0.39, 0.29) is 19.4 Å². The number of hydrogen-bond donors (Lipinski definition) is 4. The molecule has 0 unspecified atom stereocenters. The lowest BCUT2D eigenvalue weighted by atomic mass is 10.1. The molecule has 0 aliphatic heterocycles. The van der Waals surface area contributed by atoms with Gasteiger partial charge in [-0.2, -0.15) is 0 Å². The van der Waals surface area contributed by atoms with E-state index in [1.165, 1.54) is 0 Å². The molecule has 4 N–H and O–H groups in total. The van der Waals surface area contributed by atoms with Gasteiger partial charge in [0.1, 0.15) is 29.9 Å². The molecule has 37 heavy (non-hydrogen) atoms. The fourth-order valence-electron chi connectivity index (χ4n) is 2.75. The number of nitrogens with one attached hydrogen (secondary N) is 3. The van der Waals surface area contributed by atoms with Crippen molar-refractivity contribution >= 4 is 30.0 Å². The van der Waals surface area contributed by atoms with Crippen molar-refractivity contribution in [2.24, 2.45) is 0 Å². The van der Waals surface area contributed by atoms with Crippen LogP contribution in [0.2, 0.25) is 0 Å². The molecule has 0 saturated carbocycles. The molecule has 0 spiro atoms. The van der Waals surface area contributed by atoms with Crippen molar-refractivity contribution in [2.45, 2.75) is 84.3 Å². The van der Waals surface area contributed by atoms with Gasteiger partial charge in [-0.15, -0.1) is 0 Å². The molecule has 1 aromatic carbocycles. The maximum atomic E-state index is 12.5. The van der Waals surface area contributed by atoms with Crippen LogP contribution in [0.1, 0.15) is 59.9 Å². The molecule has 12 heteroatoms. The van der Waals surface area contributed by atoms with Crippen LogP contribution in [0.15, 0.2) is 30.3 Å². The first kappa shape index (κ1) is 31.2. The van der Waals surface area contributed by atoms with Crippen molar-refractivity contribution in [3.05, 3.63) is 35.9 Å². The van der Waals surface area contributed by atoms with E-state index in [1.807, 2.05) is 6.07 Å². The molecule has 0 aliphatic carbocycles. The van der Waals surface area contributed by atoms with E-state index < -0.39 is 59.9 Å². The van der Waals surface area contributed by atoms with Gasteiger partial charge in [0.05, 0.1) is 6.54 Å². The van der Waals surface area contributed by atoms with Crippen LogP contribution in [0.3, 0.4) is 0 Å². The first-order chi connectivity index (χ1) is 17.1. The molecule has 1 aromatic rings. The average Bonchev–Trinajstić information content (AvgIpc) is 2.76. The van der Waals surface area contributed by atoms with Crippen molar-refractivity contribution < 1.29 is 43.3 Å². The first-order valence-corrected chi connectivity index (χ1v) is 11.7. The summed E-state index contributed by atoms with van der Waals surface area (Å²) >= 11 is 0.